The van der Waals surface area contributed by atoms with Crippen LogP contribution in [0.25, 0.3) is 0 Å². The maximum absolute atomic E-state index is 11.3. The second kappa shape index (κ2) is 6.97. The number of ether oxygens (including phenoxy) is 1. The van der Waals surface area contributed by atoms with Gasteiger partial charge in [0.1, 0.15) is 12.1 Å². The van der Waals surface area contributed by atoms with Gasteiger partial charge in [0.2, 0.25) is 0 Å². The maximum atomic E-state index is 11.3. The summed E-state index contributed by atoms with van der Waals surface area (Å²) >= 11 is 0. The van der Waals surface area contributed by atoms with Gasteiger partial charge in [-0.3, -0.25) is 9.59 Å². The van der Waals surface area contributed by atoms with Gasteiger partial charge in [-0.25, -0.2) is 4.79 Å². The summed E-state index contributed by atoms with van der Waals surface area (Å²) in [5.74, 6) is -2.98. The van der Waals surface area contributed by atoms with Crippen molar-refractivity contribution in [3.05, 3.63) is 0 Å². The molecule has 17 heavy (non-hydrogen) atoms. The molecule has 7 heteroatoms. The van der Waals surface area contributed by atoms with Gasteiger partial charge in [0.05, 0.1) is 0 Å². The molecule has 0 heterocycles. The fraction of sp³-hybridized carbons (Fsp3) is 0.700. The number of esters is 2. The highest BCUT2D eigenvalue weighted by molar-refractivity contribution is 5.88. The standard InChI is InChI=1S/C10H18N2O5/c1-5(2)8(12)10(16)17-7(13)4-3-6(11)9(14)15/h5-6,8H,3-4,11-12H2,1-2H3,(H,14,15)/t6-,8-/m0/s1. The second-order valence-electron chi connectivity index (χ2n) is 4.05. The van der Waals surface area contributed by atoms with E-state index in [-0.39, 0.29) is 18.8 Å². The number of carboxylic acid groups (broad SMARTS) is 1. The fourth-order valence-corrected chi connectivity index (χ4v) is 0.900. The molecule has 0 aliphatic heterocycles. The third kappa shape index (κ3) is 5.98. The Hall–Kier alpha value is -1.47. The van der Waals surface area contributed by atoms with Gasteiger partial charge in [0, 0.05) is 6.42 Å². The average molecular weight is 246 g/mol. The van der Waals surface area contributed by atoms with E-state index in [4.69, 9.17) is 16.6 Å². The number of carbonyl (C=O) groups is 3. The van der Waals surface area contributed by atoms with Gasteiger partial charge >= 0.3 is 17.9 Å². The van der Waals surface area contributed by atoms with Gasteiger partial charge in [-0.05, 0) is 12.3 Å². The van der Waals surface area contributed by atoms with Crippen LogP contribution in [0.4, 0.5) is 0 Å². The third-order valence-electron chi connectivity index (χ3n) is 2.18. The van der Waals surface area contributed by atoms with E-state index in [9.17, 15) is 14.4 Å². The first-order chi connectivity index (χ1) is 7.75. The van der Waals surface area contributed by atoms with Crippen LogP contribution in [0, 0.1) is 5.92 Å². The molecule has 0 bridgehead atoms. The average Bonchev–Trinajstić information content (AvgIpc) is 2.24. The highest BCUT2D eigenvalue weighted by atomic mass is 16.6. The summed E-state index contributed by atoms with van der Waals surface area (Å²) in [6.45, 7) is 3.44. The summed E-state index contributed by atoms with van der Waals surface area (Å²) in [6, 6.07) is -2.01. The Kier molecular flexibility index (Phi) is 6.37. The Morgan fingerprint density at radius 2 is 1.76 bits per heavy atom. The summed E-state index contributed by atoms with van der Waals surface area (Å²) < 4.78 is 4.45. The quantitative estimate of drug-likeness (QED) is 0.414. The molecule has 0 aliphatic carbocycles. The number of rotatable bonds is 6. The Bertz CT molecular complexity index is 303. The molecule has 0 unspecified atom stereocenters. The van der Waals surface area contributed by atoms with Crippen LogP contribution in [0.2, 0.25) is 0 Å². The molecular formula is C10H18N2O5. The number of carbonyl (C=O) groups excluding carboxylic acids is 2. The van der Waals surface area contributed by atoms with Crippen LogP contribution in [0.5, 0.6) is 0 Å². The zero-order valence-corrected chi connectivity index (χ0v) is 9.88. The van der Waals surface area contributed by atoms with Crippen LogP contribution in [-0.2, 0) is 19.1 Å². The smallest absolute Gasteiger partial charge is 0.330 e. The minimum Gasteiger partial charge on any atom is -0.480 e. The van der Waals surface area contributed by atoms with Crippen molar-refractivity contribution in [3.8, 4) is 0 Å². The second-order valence-corrected chi connectivity index (χ2v) is 4.05. The van der Waals surface area contributed by atoms with Gasteiger partial charge in [-0.1, -0.05) is 13.8 Å². The minimum absolute atomic E-state index is 0.0850. The molecule has 0 spiro atoms. The van der Waals surface area contributed by atoms with Crippen molar-refractivity contribution < 1.29 is 24.2 Å². The molecule has 5 N–H and O–H groups in total. The van der Waals surface area contributed by atoms with Crippen LogP contribution in [-0.4, -0.2) is 35.1 Å². The van der Waals surface area contributed by atoms with Crippen molar-refractivity contribution >= 4 is 17.9 Å². The van der Waals surface area contributed by atoms with E-state index in [0.717, 1.165) is 0 Å². The predicted molar refractivity (Wildman–Crippen MR) is 58.8 cm³/mol. The first kappa shape index (κ1) is 15.5. The van der Waals surface area contributed by atoms with Gasteiger partial charge in [0.25, 0.3) is 0 Å². The van der Waals surface area contributed by atoms with Crippen molar-refractivity contribution in [2.75, 3.05) is 0 Å². The third-order valence-corrected chi connectivity index (χ3v) is 2.18. The number of aliphatic carboxylic acids is 1. The van der Waals surface area contributed by atoms with E-state index >= 15 is 0 Å². The largest absolute Gasteiger partial charge is 0.480 e. The summed E-state index contributed by atoms with van der Waals surface area (Å²) in [4.78, 5) is 32.8. The van der Waals surface area contributed by atoms with Crippen LogP contribution in [0.3, 0.4) is 0 Å². The lowest BCUT2D eigenvalue weighted by atomic mass is 10.1. The fourth-order valence-electron chi connectivity index (χ4n) is 0.900. The van der Waals surface area contributed by atoms with E-state index in [0.29, 0.717) is 0 Å². The molecular weight excluding hydrogens is 228 g/mol. The molecule has 0 saturated carbocycles. The molecule has 0 saturated heterocycles. The van der Waals surface area contributed by atoms with Crippen molar-refractivity contribution in [3.63, 3.8) is 0 Å². The zero-order chi connectivity index (χ0) is 13.6. The monoisotopic (exact) mass is 246 g/mol. The lowest BCUT2D eigenvalue weighted by Gasteiger charge is -2.13. The van der Waals surface area contributed by atoms with E-state index in [2.05, 4.69) is 4.74 Å². The van der Waals surface area contributed by atoms with Gasteiger partial charge in [0.15, 0.2) is 0 Å². The summed E-state index contributed by atoms with van der Waals surface area (Å²) in [5.41, 5.74) is 10.7. The van der Waals surface area contributed by atoms with Gasteiger partial charge < -0.3 is 21.3 Å². The number of hydrogen-bond acceptors (Lipinski definition) is 6. The molecule has 0 aliphatic rings. The number of hydrogen-bond donors (Lipinski definition) is 3. The van der Waals surface area contributed by atoms with Crippen LogP contribution in [0.15, 0.2) is 0 Å². The Morgan fingerprint density at radius 3 is 2.18 bits per heavy atom. The molecule has 0 fully saturated rings. The number of carboxylic acids is 1. The zero-order valence-electron chi connectivity index (χ0n) is 9.88. The topological polar surface area (TPSA) is 133 Å². The van der Waals surface area contributed by atoms with Crippen LogP contribution < -0.4 is 11.5 Å². The normalized spacial score (nSPS) is 14.2. The molecule has 2 atom stereocenters. The summed E-state index contributed by atoms with van der Waals surface area (Å²) in [6.07, 6.45) is -0.317. The molecule has 0 radical (unpaired) electrons. The lowest BCUT2D eigenvalue weighted by molar-refractivity contribution is -0.161. The highest BCUT2D eigenvalue weighted by Crippen LogP contribution is 2.03. The summed E-state index contributed by atoms with van der Waals surface area (Å²) in [5, 5.41) is 8.47. The van der Waals surface area contributed by atoms with Gasteiger partial charge in [-0.15, -0.1) is 0 Å². The molecule has 0 aromatic rings. The predicted octanol–water partition coefficient (Wildman–Crippen LogP) is -0.768. The van der Waals surface area contributed by atoms with Crippen LogP contribution in [0.1, 0.15) is 26.7 Å². The Morgan fingerprint density at radius 1 is 1.24 bits per heavy atom. The highest BCUT2D eigenvalue weighted by Gasteiger charge is 2.22. The first-order valence-corrected chi connectivity index (χ1v) is 5.24. The van der Waals surface area contributed by atoms with Gasteiger partial charge in [-0.2, -0.15) is 0 Å². The number of nitrogens with two attached hydrogens (primary N) is 2. The minimum atomic E-state index is -1.21. The molecule has 0 aromatic heterocycles. The first-order valence-electron chi connectivity index (χ1n) is 5.24. The van der Waals surface area contributed by atoms with Crippen molar-refractivity contribution in [1.82, 2.24) is 0 Å². The van der Waals surface area contributed by atoms with Crippen molar-refractivity contribution in [2.45, 2.75) is 38.8 Å². The van der Waals surface area contributed by atoms with Crippen LogP contribution >= 0.6 is 0 Å². The summed E-state index contributed by atoms with van der Waals surface area (Å²) in [7, 11) is 0. The molecule has 7 nitrogen and oxygen atoms in total. The maximum Gasteiger partial charge on any atom is 0.330 e. The van der Waals surface area contributed by atoms with E-state index in [1.807, 2.05) is 0 Å². The van der Waals surface area contributed by atoms with E-state index in [1.54, 1.807) is 13.8 Å². The van der Waals surface area contributed by atoms with Crippen molar-refractivity contribution in [1.29, 1.82) is 0 Å². The van der Waals surface area contributed by atoms with Crippen molar-refractivity contribution in [2.24, 2.45) is 17.4 Å². The molecule has 98 valence electrons. The molecule has 0 rings (SSSR count). The Labute approximate surface area is 99.1 Å². The lowest BCUT2D eigenvalue weighted by Crippen LogP contribution is -2.38. The van der Waals surface area contributed by atoms with E-state index in [1.165, 1.54) is 0 Å². The molecule has 0 amide bonds. The Balaban J connectivity index is 4.03. The van der Waals surface area contributed by atoms with E-state index < -0.39 is 30.0 Å². The molecule has 0 aromatic carbocycles. The SMILES string of the molecule is CC(C)[C@H](N)C(=O)OC(=O)CC[C@H](N)C(=O)O.